The lowest BCUT2D eigenvalue weighted by molar-refractivity contribution is 0.219. The molecule has 1 aromatic heterocycles. The Hall–Kier alpha value is -2.86. The summed E-state index contributed by atoms with van der Waals surface area (Å²) < 4.78 is 16.7. The predicted octanol–water partition coefficient (Wildman–Crippen LogP) is 3.56. The fourth-order valence-electron chi connectivity index (χ4n) is 2.51. The standard InChI is InChI=1S/C20H23N3O3/c1-15-6-4-5-7-18(15)25-13-12-23(2)14-19-21-22-20(26-19)16-8-10-17(24-3)11-9-16/h4-11H,12-14H2,1-3H3. The Balaban J connectivity index is 1.51. The van der Waals surface area contributed by atoms with Crippen LogP contribution >= 0.6 is 0 Å². The molecule has 0 saturated heterocycles. The van der Waals surface area contributed by atoms with E-state index >= 15 is 0 Å². The van der Waals surface area contributed by atoms with Gasteiger partial charge in [0, 0.05) is 12.1 Å². The molecule has 6 nitrogen and oxygen atoms in total. The maximum absolute atomic E-state index is 5.82. The van der Waals surface area contributed by atoms with Crippen molar-refractivity contribution in [1.29, 1.82) is 0 Å². The van der Waals surface area contributed by atoms with Crippen LogP contribution in [0.1, 0.15) is 11.5 Å². The van der Waals surface area contributed by atoms with E-state index in [1.165, 1.54) is 0 Å². The molecular weight excluding hydrogens is 330 g/mol. The highest BCUT2D eigenvalue weighted by atomic mass is 16.5. The Bertz CT molecular complexity index is 830. The average molecular weight is 353 g/mol. The van der Waals surface area contributed by atoms with E-state index < -0.39 is 0 Å². The number of likely N-dealkylation sites (N-methyl/N-ethyl adjacent to an activating group) is 1. The van der Waals surface area contributed by atoms with E-state index in [9.17, 15) is 0 Å². The molecule has 0 radical (unpaired) electrons. The maximum Gasteiger partial charge on any atom is 0.247 e. The van der Waals surface area contributed by atoms with Gasteiger partial charge in [0.1, 0.15) is 18.1 Å². The van der Waals surface area contributed by atoms with Gasteiger partial charge in [-0.25, -0.2) is 0 Å². The summed E-state index contributed by atoms with van der Waals surface area (Å²) in [6.45, 7) is 3.97. The maximum atomic E-state index is 5.82. The fraction of sp³-hybridized carbons (Fsp3) is 0.300. The van der Waals surface area contributed by atoms with Crippen LogP contribution in [0.15, 0.2) is 52.9 Å². The van der Waals surface area contributed by atoms with Crippen molar-refractivity contribution in [2.75, 3.05) is 27.3 Å². The monoisotopic (exact) mass is 353 g/mol. The minimum Gasteiger partial charge on any atom is -0.497 e. The van der Waals surface area contributed by atoms with Crippen LogP contribution in [0.4, 0.5) is 0 Å². The quantitative estimate of drug-likeness (QED) is 0.617. The molecule has 0 fully saturated rings. The van der Waals surface area contributed by atoms with Gasteiger partial charge in [-0.1, -0.05) is 18.2 Å². The van der Waals surface area contributed by atoms with Gasteiger partial charge >= 0.3 is 0 Å². The van der Waals surface area contributed by atoms with Crippen LogP contribution in [0.5, 0.6) is 11.5 Å². The highest BCUT2D eigenvalue weighted by molar-refractivity contribution is 5.53. The van der Waals surface area contributed by atoms with Crippen molar-refractivity contribution in [3.8, 4) is 23.0 Å². The Morgan fingerprint density at radius 2 is 1.81 bits per heavy atom. The number of methoxy groups -OCH3 is 1. The highest BCUT2D eigenvalue weighted by Crippen LogP contribution is 2.21. The summed E-state index contributed by atoms with van der Waals surface area (Å²) in [5, 5.41) is 8.24. The summed E-state index contributed by atoms with van der Waals surface area (Å²) in [4.78, 5) is 2.09. The van der Waals surface area contributed by atoms with E-state index in [-0.39, 0.29) is 0 Å². The topological polar surface area (TPSA) is 60.6 Å². The van der Waals surface area contributed by atoms with E-state index in [0.717, 1.165) is 29.2 Å². The molecule has 0 aliphatic rings. The van der Waals surface area contributed by atoms with Crippen LogP contribution in [0, 0.1) is 6.92 Å². The van der Waals surface area contributed by atoms with E-state index in [2.05, 4.69) is 15.1 Å². The van der Waals surface area contributed by atoms with E-state index in [0.29, 0.717) is 24.9 Å². The zero-order valence-electron chi connectivity index (χ0n) is 15.3. The Kier molecular flexibility index (Phi) is 5.86. The Morgan fingerprint density at radius 3 is 2.54 bits per heavy atom. The first-order valence-electron chi connectivity index (χ1n) is 8.49. The van der Waals surface area contributed by atoms with Gasteiger partial charge in [0.05, 0.1) is 13.7 Å². The van der Waals surface area contributed by atoms with E-state index in [4.69, 9.17) is 13.9 Å². The lowest BCUT2D eigenvalue weighted by atomic mass is 10.2. The first-order chi connectivity index (χ1) is 12.7. The van der Waals surface area contributed by atoms with Gasteiger partial charge in [0.25, 0.3) is 0 Å². The van der Waals surface area contributed by atoms with Gasteiger partial charge in [-0.3, -0.25) is 4.90 Å². The number of nitrogens with zero attached hydrogens (tertiary/aromatic N) is 3. The van der Waals surface area contributed by atoms with Crippen molar-refractivity contribution in [3.05, 3.63) is 60.0 Å². The third-order valence-electron chi connectivity index (χ3n) is 4.03. The summed E-state index contributed by atoms with van der Waals surface area (Å²) in [6.07, 6.45) is 0. The molecule has 0 bridgehead atoms. The minimum atomic E-state index is 0.507. The number of hydrogen-bond acceptors (Lipinski definition) is 6. The molecule has 136 valence electrons. The molecule has 0 atom stereocenters. The SMILES string of the molecule is COc1ccc(-c2nnc(CN(C)CCOc3ccccc3C)o2)cc1. The van der Waals surface area contributed by atoms with Gasteiger partial charge in [-0.15, -0.1) is 10.2 Å². The first kappa shape index (κ1) is 17.9. The number of benzene rings is 2. The zero-order chi connectivity index (χ0) is 18.4. The molecule has 2 aromatic carbocycles. The first-order valence-corrected chi connectivity index (χ1v) is 8.49. The third-order valence-corrected chi connectivity index (χ3v) is 4.03. The molecule has 3 aromatic rings. The molecule has 26 heavy (non-hydrogen) atoms. The minimum absolute atomic E-state index is 0.507. The van der Waals surface area contributed by atoms with Gasteiger partial charge in [0.2, 0.25) is 11.8 Å². The van der Waals surface area contributed by atoms with Crippen molar-refractivity contribution in [2.24, 2.45) is 0 Å². The van der Waals surface area contributed by atoms with E-state index in [1.54, 1.807) is 7.11 Å². The second-order valence-corrected chi connectivity index (χ2v) is 6.08. The molecular formula is C20H23N3O3. The van der Waals surface area contributed by atoms with Crippen LogP contribution in [0.3, 0.4) is 0 Å². The number of rotatable bonds is 8. The van der Waals surface area contributed by atoms with Gasteiger partial charge in [0.15, 0.2) is 0 Å². The molecule has 0 unspecified atom stereocenters. The number of aromatic nitrogens is 2. The zero-order valence-corrected chi connectivity index (χ0v) is 15.3. The molecule has 3 rings (SSSR count). The summed E-state index contributed by atoms with van der Waals surface area (Å²) >= 11 is 0. The molecule has 0 spiro atoms. The second kappa shape index (κ2) is 8.49. The Morgan fingerprint density at radius 1 is 1.04 bits per heavy atom. The molecule has 1 heterocycles. The summed E-state index contributed by atoms with van der Waals surface area (Å²) in [5.74, 6) is 2.80. The third kappa shape index (κ3) is 4.61. The molecule has 0 saturated carbocycles. The smallest absolute Gasteiger partial charge is 0.247 e. The average Bonchev–Trinajstić information content (AvgIpc) is 3.12. The fourth-order valence-corrected chi connectivity index (χ4v) is 2.51. The van der Waals surface area contributed by atoms with Crippen LogP contribution < -0.4 is 9.47 Å². The van der Waals surface area contributed by atoms with Crippen LogP contribution in [-0.4, -0.2) is 42.4 Å². The summed E-state index contributed by atoms with van der Waals surface area (Å²) in [6, 6.07) is 15.5. The van der Waals surface area contributed by atoms with Gasteiger partial charge in [-0.05, 0) is 49.9 Å². The molecule has 0 aliphatic heterocycles. The number of ether oxygens (including phenoxy) is 2. The highest BCUT2D eigenvalue weighted by Gasteiger charge is 2.11. The molecule has 0 aliphatic carbocycles. The van der Waals surface area contributed by atoms with Crippen LogP contribution in [0.25, 0.3) is 11.5 Å². The van der Waals surface area contributed by atoms with Gasteiger partial charge in [-0.2, -0.15) is 0 Å². The predicted molar refractivity (Wildman–Crippen MR) is 99.3 cm³/mol. The number of para-hydroxylation sites is 1. The van der Waals surface area contributed by atoms with Crippen LogP contribution in [0.2, 0.25) is 0 Å². The van der Waals surface area contributed by atoms with Crippen molar-refractivity contribution in [2.45, 2.75) is 13.5 Å². The number of aryl methyl sites for hydroxylation is 1. The van der Waals surface area contributed by atoms with Crippen LogP contribution in [-0.2, 0) is 6.54 Å². The molecule has 0 N–H and O–H groups in total. The van der Waals surface area contributed by atoms with Gasteiger partial charge < -0.3 is 13.9 Å². The number of hydrogen-bond donors (Lipinski definition) is 0. The summed E-state index contributed by atoms with van der Waals surface area (Å²) in [7, 11) is 3.64. The van der Waals surface area contributed by atoms with Crippen molar-refractivity contribution in [3.63, 3.8) is 0 Å². The molecule has 0 amide bonds. The normalized spacial score (nSPS) is 10.9. The van der Waals surface area contributed by atoms with Crippen molar-refractivity contribution >= 4 is 0 Å². The lowest BCUT2D eigenvalue weighted by Gasteiger charge is -2.15. The lowest BCUT2D eigenvalue weighted by Crippen LogP contribution is -2.24. The van der Waals surface area contributed by atoms with E-state index in [1.807, 2.05) is 62.5 Å². The second-order valence-electron chi connectivity index (χ2n) is 6.08. The molecule has 6 heteroatoms. The largest absolute Gasteiger partial charge is 0.497 e. The summed E-state index contributed by atoms with van der Waals surface area (Å²) in [5.41, 5.74) is 2.01. The van der Waals surface area contributed by atoms with Crippen molar-refractivity contribution < 1.29 is 13.9 Å². The van der Waals surface area contributed by atoms with Crippen molar-refractivity contribution in [1.82, 2.24) is 15.1 Å². The Labute approximate surface area is 153 Å².